The van der Waals surface area contributed by atoms with Gasteiger partial charge in [0, 0.05) is 35.8 Å². The Hall–Kier alpha value is -3.73. The molecule has 0 radical (unpaired) electrons. The summed E-state index contributed by atoms with van der Waals surface area (Å²) in [6.45, 7) is 2.38. The number of aromatic amines is 1. The van der Waals surface area contributed by atoms with E-state index in [9.17, 15) is 4.79 Å². The summed E-state index contributed by atoms with van der Waals surface area (Å²) in [5, 5.41) is 0.691. The van der Waals surface area contributed by atoms with Crippen molar-refractivity contribution in [1.29, 1.82) is 0 Å². The summed E-state index contributed by atoms with van der Waals surface area (Å²) in [4.78, 5) is 24.0. The SMILES string of the molecule is C[C@H](N)CCCc1cc(Cl)c(F)c(-c2cc3cn(-c4ccc([C@H](N)CCN=C(N)N)cc4)c(=O)nc3[nH]2)c1. The Bertz CT molecular complexity index is 1510. The summed E-state index contributed by atoms with van der Waals surface area (Å²) in [5.74, 6) is -0.505. The van der Waals surface area contributed by atoms with Crippen LogP contribution in [0.1, 0.15) is 43.4 Å². The van der Waals surface area contributed by atoms with Gasteiger partial charge < -0.3 is 27.9 Å². The first kappa shape index (κ1) is 27.3. The smallest absolute Gasteiger partial charge is 0.354 e. The Morgan fingerprint density at radius 1 is 1.16 bits per heavy atom. The minimum Gasteiger partial charge on any atom is -0.370 e. The van der Waals surface area contributed by atoms with Crippen LogP contribution in [0.25, 0.3) is 28.0 Å². The van der Waals surface area contributed by atoms with Gasteiger partial charge in [0.1, 0.15) is 5.65 Å². The zero-order valence-corrected chi connectivity index (χ0v) is 21.9. The van der Waals surface area contributed by atoms with Gasteiger partial charge in [-0.25, -0.2) is 9.18 Å². The number of benzene rings is 2. The molecule has 2 aromatic heterocycles. The number of halogens is 2. The number of rotatable bonds is 10. The molecule has 0 amide bonds. The van der Waals surface area contributed by atoms with Crippen molar-refractivity contribution in [3.8, 4) is 16.9 Å². The minimum absolute atomic E-state index is 0.0263. The highest BCUT2D eigenvalue weighted by Gasteiger charge is 2.16. The fourth-order valence-corrected chi connectivity index (χ4v) is 4.56. The average molecular weight is 539 g/mol. The molecule has 2 heterocycles. The summed E-state index contributed by atoms with van der Waals surface area (Å²) >= 11 is 6.21. The number of nitrogens with zero attached hydrogens (tertiary/aromatic N) is 3. The number of aliphatic imine (C=N–C) groups is 1. The lowest BCUT2D eigenvalue weighted by Crippen LogP contribution is -2.23. The summed E-state index contributed by atoms with van der Waals surface area (Å²) in [5.41, 5.74) is 25.9. The van der Waals surface area contributed by atoms with E-state index < -0.39 is 11.5 Å². The molecule has 2 atom stereocenters. The second-order valence-corrected chi connectivity index (χ2v) is 9.89. The Balaban J connectivity index is 1.61. The molecule has 9 N–H and O–H groups in total. The lowest BCUT2D eigenvalue weighted by Gasteiger charge is -2.12. The number of nitrogens with one attached hydrogen (secondary N) is 1. The van der Waals surface area contributed by atoms with E-state index in [-0.39, 0.29) is 23.1 Å². The van der Waals surface area contributed by atoms with Gasteiger partial charge in [-0.15, -0.1) is 0 Å². The molecule has 38 heavy (non-hydrogen) atoms. The van der Waals surface area contributed by atoms with Crippen LogP contribution < -0.4 is 28.6 Å². The van der Waals surface area contributed by atoms with Crippen molar-refractivity contribution in [2.45, 2.75) is 44.7 Å². The number of hydrogen-bond donors (Lipinski definition) is 5. The molecule has 0 saturated heterocycles. The fourth-order valence-electron chi connectivity index (χ4n) is 4.32. The zero-order chi connectivity index (χ0) is 27.4. The monoisotopic (exact) mass is 538 g/mol. The molecule has 0 aliphatic carbocycles. The van der Waals surface area contributed by atoms with Crippen LogP contribution in [0.5, 0.6) is 0 Å². The van der Waals surface area contributed by atoms with Gasteiger partial charge in [-0.2, -0.15) is 4.98 Å². The molecule has 0 bridgehead atoms. The highest BCUT2D eigenvalue weighted by molar-refractivity contribution is 6.31. The van der Waals surface area contributed by atoms with Crippen LogP contribution >= 0.6 is 11.6 Å². The van der Waals surface area contributed by atoms with Gasteiger partial charge in [-0.1, -0.05) is 23.7 Å². The van der Waals surface area contributed by atoms with E-state index in [1.54, 1.807) is 36.5 Å². The highest BCUT2D eigenvalue weighted by atomic mass is 35.5. The van der Waals surface area contributed by atoms with Crippen molar-refractivity contribution in [2.75, 3.05) is 6.54 Å². The number of aryl methyl sites for hydroxylation is 1. The third-order valence-electron chi connectivity index (χ3n) is 6.35. The summed E-state index contributed by atoms with van der Waals surface area (Å²) in [6, 6.07) is 12.3. The van der Waals surface area contributed by atoms with Crippen molar-refractivity contribution < 1.29 is 4.39 Å². The predicted octanol–water partition coefficient (Wildman–Crippen LogP) is 3.51. The van der Waals surface area contributed by atoms with Crippen LogP contribution in [0.4, 0.5) is 4.39 Å². The Morgan fingerprint density at radius 2 is 1.89 bits per heavy atom. The van der Waals surface area contributed by atoms with Gasteiger partial charge in [0.15, 0.2) is 11.8 Å². The van der Waals surface area contributed by atoms with E-state index in [4.69, 9.17) is 34.5 Å². The van der Waals surface area contributed by atoms with Crippen LogP contribution in [0.3, 0.4) is 0 Å². The molecule has 200 valence electrons. The van der Waals surface area contributed by atoms with Gasteiger partial charge in [-0.05, 0) is 74.1 Å². The molecule has 2 aromatic carbocycles. The third kappa shape index (κ3) is 6.39. The van der Waals surface area contributed by atoms with Crippen LogP contribution in [-0.2, 0) is 6.42 Å². The van der Waals surface area contributed by atoms with Gasteiger partial charge in [-0.3, -0.25) is 9.56 Å². The number of aromatic nitrogens is 3. The quantitative estimate of drug-likeness (QED) is 0.153. The zero-order valence-electron chi connectivity index (χ0n) is 21.1. The highest BCUT2D eigenvalue weighted by Crippen LogP contribution is 2.31. The van der Waals surface area contributed by atoms with Crippen molar-refractivity contribution in [3.05, 3.63) is 81.1 Å². The lowest BCUT2D eigenvalue weighted by molar-refractivity contribution is 0.618. The van der Waals surface area contributed by atoms with Crippen molar-refractivity contribution in [3.63, 3.8) is 0 Å². The first-order chi connectivity index (χ1) is 18.1. The molecule has 0 aliphatic heterocycles. The second kappa shape index (κ2) is 11.8. The maximum atomic E-state index is 15.0. The molecule has 11 heteroatoms. The second-order valence-electron chi connectivity index (χ2n) is 9.48. The van der Waals surface area contributed by atoms with Crippen molar-refractivity contribution >= 4 is 28.6 Å². The number of H-pyrrole nitrogens is 1. The summed E-state index contributed by atoms with van der Waals surface area (Å²) in [6.07, 6.45) is 4.70. The first-order valence-corrected chi connectivity index (χ1v) is 12.8. The maximum absolute atomic E-state index is 15.0. The normalized spacial score (nSPS) is 13.0. The van der Waals surface area contributed by atoms with E-state index in [0.717, 1.165) is 30.4 Å². The van der Waals surface area contributed by atoms with Crippen LogP contribution in [0, 0.1) is 5.82 Å². The standard InChI is InChI=1S/C27H32ClFN8O/c1-15(30)3-2-4-16-11-20(24(29)21(28)12-16)23-13-18-14-37(27(38)36-25(18)35-23)19-7-5-17(6-8-19)22(31)9-10-34-26(32)33/h5-8,11-15,22H,2-4,9-10,30-31H2,1H3,(H4,32,33,34)(H,35,36,38)/t15-,22+/m0/s1. The van der Waals surface area contributed by atoms with E-state index in [1.165, 1.54) is 4.57 Å². The Morgan fingerprint density at radius 3 is 2.58 bits per heavy atom. The lowest BCUT2D eigenvalue weighted by atomic mass is 10.0. The molecule has 0 spiro atoms. The maximum Gasteiger partial charge on any atom is 0.354 e. The van der Waals surface area contributed by atoms with E-state index in [0.29, 0.717) is 40.9 Å². The predicted molar refractivity (Wildman–Crippen MR) is 151 cm³/mol. The van der Waals surface area contributed by atoms with Crippen LogP contribution in [-0.4, -0.2) is 33.1 Å². The Kier molecular flexibility index (Phi) is 8.45. The van der Waals surface area contributed by atoms with E-state index in [1.807, 2.05) is 19.1 Å². The fraction of sp³-hybridized carbons (Fsp3) is 0.296. The van der Waals surface area contributed by atoms with Gasteiger partial charge in [0.25, 0.3) is 0 Å². The number of fused-ring (bicyclic) bond motifs is 1. The molecule has 4 aromatic rings. The molecule has 0 unspecified atom stereocenters. The molecule has 0 saturated carbocycles. The summed E-state index contributed by atoms with van der Waals surface area (Å²) < 4.78 is 16.4. The van der Waals surface area contributed by atoms with Crippen molar-refractivity contribution in [2.24, 2.45) is 27.9 Å². The molecule has 0 fully saturated rings. The molecular formula is C27H32ClFN8O. The number of hydrogen-bond acceptors (Lipinski definition) is 5. The topological polar surface area (TPSA) is 167 Å². The molecule has 0 aliphatic rings. The first-order valence-electron chi connectivity index (χ1n) is 12.4. The average Bonchev–Trinajstić information content (AvgIpc) is 3.27. The number of guanidine groups is 1. The minimum atomic E-state index is -0.531. The number of nitrogens with two attached hydrogens (primary N) is 4. The van der Waals surface area contributed by atoms with Gasteiger partial charge in [0.2, 0.25) is 0 Å². The third-order valence-corrected chi connectivity index (χ3v) is 6.62. The van der Waals surface area contributed by atoms with E-state index >= 15 is 4.39 Å². The molecule has 9 nitrogen and oxygen atoms in total. The molecule has 4 rings (SSSR count). The van der Waals surface area contributed by atoms with Gasteiger partial charge in [0.05, 0.1) is 16.4 Å². The van der Waals surface area contributed by atoms with E-state index in [2.05, 4.69) is 15.0 Å². The van der Waals surface area contributed by atoms with Gasteiger partial charge >= 0.3 is 5.69 Å². The van der Waals surface area contributed by atoms with Crippen LogP contribution in [0.15, 0.2) is 58.4 Å². The summed E-state index contributed by atoms with van der Waals surface area (Å²) in [7, 11) is 0. The largest absolute Gasteiger partial charge is 0.370 e. The Labute approximate surface area is 224 Å². The van der Waals surface area contributed by atoms with Crippen LogP contribution in [0.2, 0.25) is 5.02 Å². The molecular weight excluding hydrogens is 507 g/mol. The van der Waals surface area contributed by atoms with Crippen molar-refractivity contribution in [1.82, 2.24) is 14.5 Å².